The van der Waals surface area contributed by atoms with E-state index in [1.165, 1.54) is 39.2 Å². The van der Waals surface area contributed by atoms with Gasteiger partial charge in [-0.25, -0.2) is 9.87 Å². The minimum atomic E-state index is 0.577. The molecule has 1 aliphatic heterocycles. The largest absolute Gasteiger partial charge is 0.353 e. The molecule has 146 valence electrons. The molecule has 0 aromatic carbocycles. The van der Waals surface area contributed by atoms with Gasteiger partial charge in [-0.15, -0.1) is 4.33 Å². The molecule has 0 radical (unpaired) electrons. The van der Waals surface area contributed by atoms with Gasteiger partial charge in [-0.05, 0) is 25.3 Å². The Balaban J connectivity index is 1.63. The summed E-state index contributed by atoms with van der Waals surface area (Å²) in [5.41, 5.74) is 0.786. The molecule has 3 rings (SSSR count). The topological polar surface area (TPSA) is 49.9 Å². The number of halogens is 1. The van der Waals surface area contributed by atoms with Gasteiger partial charge in [0, 0.05) is 31.7 Å². The highest BCUT2D eigenvalue weighted by Gasteiger charge is 2.32. The van der Waals surface area contributed by atoms with Gasteiger partial charge in [0.1, 0.15) is 18.0 Å². The second kappa shape index (κ2) is 9.99. The highest BCUT2D eigenvalue weighted by molar-refractivity contribution is 7.95. The van der Waals surface area contributed by atoms with Gasteiger partial charge in [0.2, 0.25) is 0 Å². The minimum Gasteiger partial charge on any atom is -0.353 e. The minimum absolute atomic E-state index is 0.577. The van der Waals surface area contributed by atoms with Crippen molar-refractivity contribution < 1.29 is 9.22 Å². The molecular formula is C18H29ClN4O2S. The molecule has 0 spiro atoms. The van der Waals surface area contributed by atoms with E-state index < -0.39 is 0 Å². The van der Waals surface area contributed by atoms with Crippen LogP contribution in [0.2, 0.25) is 5.02 Å². The molecule has 0 amide bonds. The molecule has 0 bridgehead atoms. The van der Waals surface area contributed by atoms with Crippen molar-refractivity contribution in [3.05, 3.63) is 17.3 Å². The summed E-state index contributed by atoms with van der Waals surface area (Å²) in [4.78, 5) is 14.2. The summed E-state index contributed by atoms with van der Waals surface area (Å²) in [5, 5.41) is 0.661. The number of piperazine rings is 1. The summed E-state index contributed by atoms with van der Waals surface area (Å²) in [7, 11) is 1.46. The molecule has 1 atom stereocenters. The van der Waals surface area contributed by atoms with Crippen LogP contribution in [-0.2, 0) is 9.22 Å². The van der Waals surface area contributed by atoms with Crippen molar-refractivity contribution in [2.45, 2.75) is 57.5 Å². The Morgan fingerprint density at radius 3 is 2.81 bits per heavy atom. The number of hydrogen-bond acceptors (Lipinski definition) is 7. The lowest BCUT2D eigenvalue weighted by Crippen LogP contribution is -2.57. The Morgan fingerprint density at radius 1 is 1.31 bits per heavy atom. The van der Waals surface area contributed by atoms with Gasteiger partial charge in [-0.2, -0.15) is 0 Å². The van der Waals surface area contributed by atoms with Gasteiger partial charge in [-0.1, -0.05) is 37.8 Å². The van der Waals surface area contributed by atoms with Gasteiger partial charge in [-0.3, -0.25) is 4.90 Å². The predicted molar refractivity (Wildman–Crippen MR) is 108 cm³/mol. The zero-order valence-electron chi connectivity index (χ0n) is 15.6. The lowest BCUT2D eigenvalue weighted by Gasteiger charge is -2.46. The zero-order valence-corrected chi connectivity index (χ0v) is 17.2. The summed E-state index contributed by atoms with van der Waals surface area (Å²) in [6.07, 6.45) is 9.83. The number of aromatic nitrogens is 1. The fraction of sp³-hybridized carbons (Fsp3) is 0.722. The maximum Gasteiger partial charge on any atom is 0.149 e. The Bertz CT molecular complexity index is 574. The Labute approximate surface area is 165 Å². The molecule has 2 heterocycles. The van der Waals surface area contributed by atoms with Crippen LogP contribution in [0.15, 0.2) is 12.3 Å². The second-order valence-corrected chi connectivity index (χ2v) is 7.90. The van der Waals surface area contributed by atoms with Crippen LogP contribution < -0.4 is 9.62 Å². The zero-order chi connectivity index (χ0) is 18.4. The Morgan fingerprint density at radius 2 is 2.12 bits per heavy atom. The molecule has 2 aliphatic rings. The summed E-state index contributed by atoms with van der Waals surface area (Å²) in [6, 6.07) is 3.22. The first-order chi connectivity index (χ1) is 12.7. The summed E-state index contributed by atoms with van der Waals surface area (Å²) in [6.45, 7) is 5.36. The summed E-state index contributed by atoms with van der Waals surface area (Å²) in [5.74, 6) is 0.872. The average molecular weight is 401 g/mol. The monoisotopic (exact) mass is 400 g/mol. The molecule has 8 heteroatoms. The smallest absolute Gasteiger partial charge is 0.149 e. The number of anilines is 2. The third-order valence-corrected chi connectivity index (χ3v) is 6.23. The predicted octanol–water partition coefficient (Wildman–Crippen LogP) is 4.52. The molecule has 1 aliphatic carbocycles. The fourth-order valence-electron chi connectivity index (χ4n) is 4.14. The van der Waals surface area contributed by atoms with Gasteiger partial charge in [0.25, 0.3) is 0 Å². The van der Waals surface area contributed by atoms with Crippen LogP contribution in [0.5, 0.6) is 0 Å². The number of rotatable bonds is 7. The van der Waals surface area contributed by atoms with Crippen molar-refractivity contribution in [3.63, 3.8) is 0 Å². The molecule has 0 unspecified atom stereocenters. The van der Waals surface area contributed by atoms with Crippen LogP contribution in [0.1, 0.15) is 45.4 Å². The maximum absolute atomic E-state index is 6.51. The average Bonchev–Trinajstić information content (AvgIpc) is 2.68. The molecule has 1 saturated heterocycles. The van der Waals surface area contributed by atoms with E-state index >= 15 is 0 Å². The SMILES string of the molecule is CC[C@H]1CN(c2ncc(NSOOC)cc2Cl)CCN1C1CCCCC1. The molecule has 1 aromatic rings. The fourth-order valence-corrected chi connectivity index (χ4v) is 4.73. The molecule has 26 heavy (non-hydrogen) atoms. The molecule has 1 aromatic heterocycles. The van der Waals surface area contributed by atoms with Crippen LogP contribution in [-0.4, -0.2) is 48.7 Å². The summed E-state index contributed by atoms with van der Waals surface area (Å²) >= 11 is 7.50. The molecule has 2 fully saturated rings. The first kappa shape index (κ1) is 20.0. The van der Waals surface area contributed by atoms with Gasteiger partial charge >= 0.3 is 0 Å². The molecular weight excluding hydrogens is 372 g/mol. The van der Waals surface area contributed by atoms with E-state index in [2.05, 4.69) is 31.3 Å². The number of nitrogens with zero attached hydrogens (tertiary/aromatic N) is 3. The first-order valence-electron chi connectivity index (χ1n) is 9.51. The van der Waals surface area contributed by atoms with Crippen molar-refractivity contribution in [1.82, 2.24) is 9.88 Å². The summed E-state index contributed by atoms with van der Waals surface area (Å²) < 4.78 is 7.72. The maximum atomic E-state index is 6.51. The molecule has 6 nitrogen and oxygen atoms in total. The third kappa shape index (κ3) is 4.95. The van der Waals surface area contributed by atoms with E-state index in [0.717, 1.165) is 55.8 Å². The van der Waals surface area contributed by atoms with E-state index in [1.54, 1.807) is 6.20 Å². The third-order valence-electron chi connectivity index (χ3n) is 5.43. The van der Waals surface area contributed by atoms with Crippen molar-refractivity contribution in [3.8, 4) is 0 Å². The van der Waals surface area contributed by atoms with E-state index in [1.807, 2.05) is 6.07 Å². The van der Waals surface area contributed by atoms with Crippen molar-refractivity contribution >= 4 is 35.3 Å². The lowest BCUT2D eigenvalue weighted by molar-refractivity contribution is -0.159. The van der Waals surface area contributed by atoms with Gasteiger partial charge < -0.3 is 9.62 Å². The normalized spacial score (nSPS) is 22.6. The van der Waals surface area contributed by atoms with E-state index in [9.17, 15) is 0 Å². The van der Waals surface area contributed by atoms with E-state index in [-0.39, 0.29) is 0 Å². The van der Waals surface area contributed by atoms with Crippen LogP contribution in [0.4, 0.5) is 11.5 Å². The Kier molecular flexibility index (Phi) is 7.69. The van der Waals surface area contributed by atoms with Crippen LogP contribution in [0.25, 0.3) is 0 Å². The van der Waals surface area contributed by atoms with Crippen LogP contribution >= 0.6 is 23.8 Å². The Hall–Kier alpha value is -0.730. The van der Waals surface area contributed by atoms with Crippen LogP contribution in [0, 0.1) is 0 Å². The van der Waals surface area contributed by atoms with Gasteiger partial charge in [0.05, 0.1) is 24.0 Å². The molecule has 1 N–H and O–H groups in total. The highest BCUT2D eigenvalue weighted by atomic mass is 35.5. The first-order valence-corrected chi connectivity index (χ1v) is 10.6. The number of hydrogen-bond donors (Lipinski definition) is 1. The quantitative estimate of drug-likeness (QED) is 0.237. The van der Waals surface area contributed by atoms with Crippen molar-refractivity contribution in [2.75, 3.05) is 36.4 Å². The van der Waals surface area contributed by atoms with Crippen molar-refractivity contribution in [1.29, 1.82) is 0 Å². The lowest BCUT2D eigenvalue weighted by atomic mass is 9.92. The second-order valence-electron chi connectivity index (χ2n) is 6.99. The van der Waals surface area contributed by atoms with E-state index in [0.29, 0.717) is 11.1 Å². The number of nitrogens with one attached hydrogen (secondary N) is 1. The highest BCUT2D eigenvalue weighted by Crippen LogP contribution is 2.32. The number of pyridine rings is 1. The van der Waals surface area contributed by atoms with Gasteiger partial charge in [0.15, 0.2) is 0 Å². The van der Waals surface area contributed by atoms with Crippen LogP contribution in [0.3, 0.4) is 0 Å². The van der Waals surface area contributed by atoms with Crippen molar-refractivity contribution in [2.24, 2.45) is 0 Å². The standard InChI is InChI=1S/C18H29ClN4O2S/c1-3-15-13-22(9-10-23(15)16-7-5-4-6-8-16)18-17(19)11-14(12-20-18)21-26-25-24-2/h11-12,15-16,21H,3-10,13H2,1-2H3/t15-/m0/s1. The van der Waals surface area contributed by atoms with E-state index in [4.69, 9.17) is 15.9 Å². The molecule has 1 saturated carbocycles.